The van der Waals surface area contributed by atoms with E-state index in [1.807, 2.05) is 0 Å². The number of ether oxygens (including phenoxy) is 1. The number of amides is 1. The first-order valence-electron chi connectivity index (χ1n) is 3.66. The lowest BCUT2D eigenvalue weighted by atomic mass is 10.5. The van der Waals surface area contributed by atoms with E-state index in [2.05, 4.69) is 5.32 Å². The summed E-state index contributed by atoms with van der Waals surface area (Å²) in [5.41, 5.74) is 9.98. The number of nitrogens with two attached hydrogens (primary N) is 2. The Morgan fingerprint density at radius 2 is 2.15 bits per heavy atom. The first-order valence-corrected chi connectivity index (χ1v) is 3.66. The molecule has 0 bridgehead atoms. The van der Waals surface area contributed by atoms with Crippen LogP contribution < -0.4 is 16.8 Å². The molecule has 0 spiro atoms. The lowest BCUT2D eigenvalue weighted by Gasteiger charge is -2.08. The molecule has 0 saturated carbocycles. The third-order valence-electron chi connectivity index (χ3n) is 1.15. The molecular formula is C6H16ClN3O3. The molecule has 0 aromatic heterocycles. The van der Waals surface area contributed by atoms with Crippen molar-refractivity contribution in [3.63, 3.8) is 0 Å². The third-order valence-corrected chi connectivity index (χ3v) is 1.15. The molecule has 0 radical (unpaired) electrons. The molecule has 0 aliphatic heterocycles. The van der Waals surface area contributed by atoms with Crippen LogP contribution in [0, 0.1) is 0 Å². The van der Waals surface area contributed by atoms with Gasteiger partial charge in [-0.05, 0) is 0 Å². The molecule has 0 fully saturated rings. The monoisotopic (exact) mass is 213 g/mol. The molecule has 0 saturated heterocycles. The maximum atomic E-state index is 10.3. The highest BCUT2D eigenvalue weighted by Gasteiger charge is 2.07. The van der Waals surface area contributed by atoms with Crippen LogP contribution in [0.4, 0.5) is 0 Å². The van der Waals surface area contributed by atoms with Crippen LogP contribution >= 0.6 is 12.4 Å². The molecule has 13 heavy (non-hydrogen) atoms. The lowest BCUT2D eigenvalue weighted by Crippen LogP contribution is -2.40. The van der Waals surface area contributed by atoms with E-state index in [0.29, 0.717) is 19.7 Å². The molecule has 1 amide bonds. The van der Waals surface area contributed by atoms with Gasteiger partial charge in [0.2, 0.25) is 0 Å². The Balaban J connectivity index is 0. The minimum Gasteiger partial charge on any atom is -0.395 e. The van der Waals surface area contributed by atoms with Crippen LogP contribution in [0.2, 0.25) is 0 Å². The van der Waals surface area contributed by atoms with E-state index < -0.39 is 12.1 Å². The van der Waals surface area contributed by atoms with E-state index in [1.165, 1.54) is 0 Å². The number of hydrogen-bond donors (Lipinski definition) is 4. The second kappa shape index (κ2) is 9.69. The van der Waals surface area contributed by atoms with Gasteiger partial charge in [0, 0.05) is 13.1 Å². The Morgan fingerprint density at radius 3 is 2.62 bits per heavy atom. The Labute approximate surface area is 83.0 Å². The van der Waals surface area contributed by atoms with Crippen LogP contribution in [-0.2, 0) is 9.53 Å². The van der Waals surface area contributed by atoms with Crippen LogP contribution in [0.25, 0.3) is 0 Å². The molecule has 80 valence electrons. The van der Waals surface area contributed by atoms with Gasteiger partial charge in [0.1, 0.15) is 0 Å². The average molecular weight is 214 g/mol. The molecule has 1 unspecified atom stereocenters. The van der Waals surface area contributed by atoms with Crippen LogP contribution in [0.5, 0.6) is 0 Å². The SMILES string of the molecule is Cl.NC(=O)C(N)OCCNCCO. The molecule has 0 aliphatic carbocycles. The summed E-state index contributed by atoms with van der Waals surface area (Å²) in [6, 6.07) is 0. The van der Waals surface area contributed by atoms with Crippen molar-refractivity contribution in [2.45, 2.75) is 6.23 Å². The maximum absolute atomic E-state index is 10.3. The average Bonchev–Trinajstić information content (AvgIpc) is 2.03. The van der Waals surface area contributed by atoms with Gasteiger partial charge in [0.05, 0.1) is 13.2 Å². The largest absolute Gasteiger partial charge is 0.395 e. The molecule has 0 heterocycles. The first kappa shape index (κ1) is 15.1. The number of primary amides is 1. The second-order valence-electron chi connectivity index (χ2n) is 2.17. The highest BCUT2D eigenvalue weighted by atomic mass is 35.5. The summed E-state index contributed by atoms with van der Waals surface area (Å²) in [6.45, 7) is 1.39. The van der Waals surface area contributed by atoms with Gasteiger partial charge in [-0.2, -0.15) is 0 Å². The fourth-order valence-corrected chi connectivity index (χ4v) is 0.544. The molecule has 1 atom stereocenters. The highest BCUT2D eigenvalue weighted by molar-refractivity contribution is 5.85. The van der Waals surface area contributed by atoms with Crippen molar-refractivity contribution in [1.82, 2.24) is 5.32 Å². The number of carbonyl (C=O) groups excluding carboxylic acids is 1. The van der Waals surface area contributed by atoms with E-state index in [0.717, 1.165) is 0 Å². The van der Waals surface area contributed by atoms with E-state index in [-0.39, 0.29) is 19.0 Å². The van der Waals surface area contributed by atoms with Crippen LogP contribution in [0.1, 0.15) is 0 Å². The summed E-state index contributed by atoms with van der Waals surface area (Å²) in [4.78, 5) is 10.3. The van der Waals surface area contributed by atoms with Crippen molar-refractivity contribution in [1.29, 1.82) is 0 Å². The maximum Gasteiger partial charge on any atom is 0.261 e. The van der Waals surface area contributed by atoms with Gasteiger partial charge >= 0.3 is 0 Å². The lowest BCUT2D eigenvalue weighted by molar-refractivity contribution is -0.129. The van der Waals surface area contributed by atoms with Gasteiger partial charge in [-0.3, -0.25) is 10.5 Å². The van der Waals surface area contributed by atoms with Crippen molar-refractivity contribution < 1.29 is 14.6 Å². The van der Waals surface area contributed by atoms with Gasteiger partial charge in [0.25, 0.3) is 5.91 Å². The predicted octanol–water partition coefficient (Wildman–Crippen LogP) is -2.22. The summed E-state index contributed by atoms with van der Waals surface area (Å²) >= 11 is 0. The summed E-state index contributed by atoms with van der Waals surface area (Å²) in [7, 11) is 0. The third kappa shape index (κ3) is 9.51. The normalized spacial score (nSPS) is 11.8. The van der Waals surface area contributed by atoms with E-state index in [1.54, 1.807) is 0 Å². The summed E-state index contributed by atoms with van der Waals surface area (Å²) in [6.07, 6.45) is -1.04. The van der Waals surface area contributed by atoms with E-state index >= 15 is 0 Å². The fraction of sp³-hybridized carbons (Fsp3) is 0.833. The molecule has 0 aromatic carbocycles. The Hall–Kier alpha value is -0.400. The first-order chi connectivity index (χ1) is 5.68. The molecule has 0 aliphatic rings. The molecule has 6 N–H and O–H groups in total. The fourth-order valence-electron chi connectivity index (χ4n) is 0.544. The van der Waals surface area contributed by atoms with Gasteiger partial charge in [-0.15, -0.1) is 12.4 Å². The summed E-state index contributed by atoms with van der Waals surface area (Å²) in [5.74, 6) is -0.683. The standard InChI is InChI=1S/C6H15N3O3.ClH/c7-5(11)6(8)12-4-2-9-1-3-10;/h6,9-10H,1-4,8H2,(H2,7,11);1H. The summed E-state index contributed by atoms with van der Waals surface area (Å²) in [5, 5.41) is 11.2. The molecule has 6 nitrogen and oxygen atoms in total. The van der Waals surface area contributed by atoms with Crippen LogP contribution in [0.3, 0.4) is 0 Å². The van der Waals surface area contributed by atoms with Crippen molar-refractivity contribution in [2.24, 2.45) is 11.5 Å². The van der Waals surface area contributed by atoms with Crippen molar-refractivity contribution in [2.75, 3.05) is 26.3 Å². The number of carbonyl (C=O) groups is 1. The van der Waals surface area contributed by atoms with E-state index in [9.17, 15) is 4.79 Å². The van der Waals surface area contributed by atoms with Gasteiger partial charge in [-0.1, -0.05) is 0 Å². The quantitative estimate of drug-likeness (QED) is 0.283. The molecule has 7 heteroatoms. The zero-order valence-corrected chi connectivity index (χ0v) is 8.05. The smallest absolute Gasteiger partial charge is 0.261 e. The zero-order chi connectivity index (χ0) is 9.40. The second-order valence-corrected chi connectivity index (χ2v) is 2.17. The Kier molecular flexibility index (Phi) is 11.2. The topological polar surface area (TPSA) is 111 Å². The summed E-state index contributed by atoms with van der Waals surface area (Å²) < 4.78 is 4.81. The number of halogens is 1. The number of aliphatic hydroxyl groups excluding tert-OH is 1. The minimum atomic E-state index is -1.04. The Morgan fingerprint density at radius 1 is 1.54 bits per heavy atom. The minimum absolute atomic E-state index is 0. The van der Waals surface area contributed by atoms with Crippen molar-refractivity contribution in [3.05, 3.63) is 0 Å². The number of rotatable bonds is 7. The van der Waals surface area contributed by atoms with Gasteiger partial charge < -0.3 is 20.9 Å². The molecule has 0 aromatic rings. The van der Waals surface area contributed by atoms with Crippen LogP contribution in [-0.4, -0.2) is 43.5 Å². The number of nitrogens with one attached hydrogen (secondary N) is 1. The number of hydrogen-bond acceptors (Lipinski definition) is 5. The highest BCUT2D eigenvalue weighted by Crippen LogP contribution is 1.79. The number of aliphatic hydroxyl groups is 1. The van der Waals surface area contributed by atoms with Crippen molar-refractivity contribution >= 4 is 18.3 Å². The Bertz CT molecular complexity index is 136. The molecule has 0 rings (SSSR count). The van der Waals surface area contributed by atoms with E-state index in [4.69, 9.17) is 21.3 Å². The van der Waals surface area contributed by atoms with Crippen LogP contribution in [0.15, 0.2) is 0 Å². The van der Waals surface area contributed by atoms with Gasteiger partial charge in [-0.25, -0.2) is 0 Å². The molecular weight excluding hydrogens is 198 g/mol. The van der Waals surface area contributed by atoms with Gasteiger partial charge in [0.15, 0.2) is 6.23 Å². The zero-order valence-electron chi connectivity index (χ0n) is 7.23. The predicted molar refractivity (Wildman–Crippen MR) is 50.3 cm³/mol. The van der Waals surface area contributed by atoms with Crippen molar-refractivity contribution in [3.8, 4) is 0 Å².